The van der Waals surface area contributed by atoms with Gasteiger partial charge in [0.15, 0.2) is 6.29 Å². The molecule has 0 aromatic carbocycles. The van der Waals surface area contributed by atoms with E-state index in [0.29, 0.717) is 12.8 Å². The molecule has 0 aliphatic carbocycles. The van der Waals surface area contributed by atoms with Crippen molar-refractivity contribution < 1.29 is 13.6 Å². The van der Waals surface area contributed by atoms with Crippen LogP contribution in [-0.4, -0.2) is 16.1 Å². The van der Waals surface area contributed by atoms with Gasteiger partial charge in [0.25, 0.3) is 6.43 Å². The first kappa shape index (κ1) is 10.1. The number of alkyl halides is 2. The van der Waals surface area contributed by atoms with Crippen molar-refractivity contribution >= 4 is 17.9 Å². The Hall–Kier alpha value is -0.970. The maximum atomic E-state index is 12.3. The Morgan fingerprint density at radius 3 is 2.62 bits per heavy atom. The monoisotopic (exact) mass is 208 g/mol. The van der Waals surface area contributed by atoms with Crippen LogP contribution in [-0.2, 0) is 6.54 Å². The number of halogens is 3. The van der Waals surface area contributed by atoms with Crippen molar-refractivity contribution in [3.8, 4) is 0 Å². The molecule has 0 saturated heterocycles. The van der Waals surface area contributed by atoms with E-state index in [0.717, 1.165) is 4.68 Å². The molecule has 0 saturated carbocycles. The van der Waals surface area contributed by atoms with E-state index in [1.807, 2.05) is 0 Å². The Morgan fingerprint density at radius 2 is 2.31 bits per heavy atom. The normalized spacial score (nSPS) is 10.8. The van der Waals surface area contributed by atoms with Crippen LogP contribution in [0.25, 0.3) is 0 Å². The lowest BCUT2D eigenvalue weighted by Gasteiger charge is -1.94. The average Bonchev–Trinajstić information content (AvgIpc) is 2.42. The van der Waals surface area contributed by atoms with Gasteiger partial charge in [-0.15, -0.1) is 0 Å². The maximum Gasteiger partial charge on any atom is 0.282 e. The van der Waals surface area contributed by atoms with E-state index in [9.17, 15) is 13.6 Å². The second kappa shape index (κ2) is 3.83. The molecule has 0 radical (unpaired) electrons. The molecule has 1 aromatic heterocycles. The summed E-state index contributed by atoms with van der Waals surface area (Å²) in [5.41, 5.74) is -0.777. The van der Waals surface area contributed by atoms with Gasteiger partial charge in [0.1, 0.15) is 10.8 Å². The first-order valence-corrected chi connectivity index (χ1v) is 3.99. The van der Waals surface area contributed by atoms with Crippen molar-refractivity contribution in [2.45, 2.75) is 19.9 Å². The summed E-state index contributed by atoms with van der Waals surface area (Å²) in [6, 6.07) is 0. The Morgan fingerprint density at radius 1 is 1.69 bits per heavy atom. The van der Waals surface area contributed by atoms with Crippen molar-refractivity contribution in [2.75, 3.05) is 0 Å². The highest BCUT2D eigenvalue weighted by molar-refractivity contribution is 6.32. The fraction of sp³-hybridized carbons (Fsp3) is 0.429. The summed E-state index contributed by atoms with van der Waals surface area (Å²) in [4.78, 5) is 10.4. The second-order valence-electron chi connectivity index (χ2n) is 2.32. The van der Waals surface area contributed by atoms with Crippen LogP contribution in [0.3, 0.4) is 0 Å². The molecule has 3 nitrogen and oxygen atoms in total. The van der Waals surface area contributed by atoms with E-state index < -0.39 is 12.1 Å². The van der Waals surface area contributed by atoms with Gasteiger partial charge in [-0.3, -0.25) is 9.48 Å². The summed E-state index contributed by atoms with van der Waals surface area (Å²) < 4.78 is 25.7. The van der Waals surface area contributed by atoms with Crippen LogP contribution in [0.2, 0.25) is 5.15 Å². The molecule has 0 spiro atoms. The van der Waals surface area contributed by atoms with Gasteiger partial charge < -0.3 is 0 Å². The Kier molecular flexibility index (Phi) is 2.98. The van der Waals surface area contributed by atoms with Gasteiger partial charge in [-0.2, -0.15) is 5.10 Å². The molecule has 0 fully saturated rings. The van der Waals surface area contributed by atoms with E-state index in [-0.39, 0.29) is 10.7 Å². The van der Waals surface area contributed by atoms with Crippen molar-refractivity contribution in [1.82, 2.24) is 9.78 Å². The minimum atomic E-state index is -2.77. The molecule has 1 aromatic rings. The fourth-order valence-electron chi connectivity index (χ4n) is 0.952. The van der Waals surface area contributed by atoms with Gasteiger partial charge in [0.05, 0.1) is 5.56 Å². The topological polar surface area (TPSA) is 34.9 Å². The molecule has 0 N–H and O–H groups in total. The highest BCUT2D eigenvalue weighted by atomic mass is 35.5. The molecule has 13 heavy (non-hydrogen) atoms. The number of carbonyl (C=O) groups is 1. The summed E-state index contributed by atoms with van der Waals surface area (Å²) in [5, 5.41) is 3.47. The number of nitrogens with zero attached hydrogens (tertiary/aromatic N) is 2. The molecule has 0 atom stereocenters. The second-order valence-corrected chi connectivity index (χ2v) is 2.68. The molecule has 72 valence electrons. The molecule has 0 bridgehead atoms. The first-order valence-electron chi connectivity index (χ1n) is 3.61. The number of aryl methyl sites for hydroxylation is 1. The van der Waals surface area contributed by atoms with Crippen LogP contribution in [0.1, 0.15) is 29.4 Å². The Balaban J connectivity index is 3.27. The predicted octanol–water partition coefficient (Wildman–Crippen LogP) is 2.31. The van der Waals surface area contributed by atoms with Gasteiger partial charge in [-0.25, -0.2) is 8.78 Å². The number of aromatic nitrogens is 2. The molecular formula is C7H7ClF2N2O. The molecule has 1 rings (SSSR count). The molecule has 0 unspecified atom stereocenters. The highest BCUT2D eigenvalue weighted by Gasteiger charge is 2.21. The van der Waals surface area contributed by atoms with Crippen molar-refractivity contribution in [1.29, 1.82) is 0 Å². The van der Waals surface area contributed by atoms with Gasteiger partial charge >= 0.3 is 0 Å². The van der Waals surface area contributed by atoms with E-state index >= 15 is 0 Å². The zero-order valence-electron chi connectivity index (χ0n) is 6.80. The Bertz CT molecular complexity index is 325. The van der Waals surface area contributed by atoms with Crippen LogP contribution in [0.4, 0.5) is 8.78 Å². The summed E-state index contributed by atoms with van der Waals surface area (Å²) >= 11 is 5.61. The Labute approximate surface area is 78.3 Å². The lowest BCUT2D eigenvalue weighted by Crippen LogP contribution is -1.97. The van der Waals surface area contributed by atoms with Crippen molar-refractivity contribution in [2.24, 2.45) is 0 Å². The quantitative estimate of drug-likeness (QED) is 0.715. The minimum absolute atomic E-state index is 0.0344. The number of carbonyl (C=O) groups excluding carboxylic acids is 1. The van der Waals surface area contributed by atoms with Crippen molar-refractivity contribution in [3.05, 3.63) is 16.4 Å². The van der Waals surface area contributed by atoms with Crippen molar-refractivity contribution in [3.63, 3.8) is 0 Å². The minimum Gasteiger partial charge on any atom is -0.298 e. The average molecular weight is 209 g/mol. The predicted molar refractivity (Wildman–Crippen MR) is 43.3 cm³/mol. The third kappa shape index (κ3) is 1.70. The van der Waals surface area contributed by atoms with Crippen LogP contribution < -0.4 is 0 Å². The smallest absolute Gasteiger partial charge is 0.282 e. The largest absolute Gasteiger partial charge is 0.298 e. The SMILES string of the molecule is CCn1nc(C(F)F)c(C=O)c1Cl. The summed E-state index contributed by atoms with van der Waals surface area (Å²) in [5.74, 6) is 0. The number of hydrogen-bond donors (Lipinski definition) is 0. The molecule has 6 heteroatoms. The van der Waals surface area contributed by atoms with Gasteiger partial charge in [0, 0.05) is 6.54 Å². The van der Waals surface area contributed by atoms with Gasteiger partial charge in [0.2, 0.25) is 0 Å². The lowest BCUT2D eigenvalue weighted by atomic mass is 10.3. The zero-order valence-corrected chi connectivity index (χ0v) is 7.55. The van der Waals surface area contributed by atoms with Gasteiger partial charge in [-0.1, -0.05) is 11.6 Å². The van der Waals surface area contributed by atoms with E-state index in [1.165, 1.54) is 0 Å². The standard InChI is InChI=1S/C7H7ClF2N2O/c1-2-12-6(8)4(3-13)5(11-12)7(9)10/h3,7H,2H2,1H3. The summed E-state index contributed by atoms with van der Waals surface area (Å²) in [7, 11) is 0. The van der Waals surface area contributed by atoms with Crippen LogP contribution >= 0.6 is 11.6 Å². The van der Waals surface area contributed by atoms with Crippen LogP contribution in [0.5, 0.6) is 0 Å². The first-order chi connectivity index (χ1) is 6.11. The fourth-order valence-corrected chi connectivity index (χ4v) is 1.25. The molecule has 0 aliphatic heterocycles. The summed E-state index contributed by atoms with van der Waals surface area (Å²) in [6.07, 6.45) is -2.48. The number of aldehydes is 1. The highest BCUT2D eigenvalue weighted by Crippen LogP contribution is 2.26. The van der Waals surface area contributed by atoms with Crippen LogP contribution in [0, 0.1) is 0 Å². The van der Waals surface area contributed by atoms with Gasteiger partial charge in [-0.05, 0) is 6.92 Å². The van der Waals surface area contributed by atoms with E-state index in [2.05, 4.69) is 5.10 Å². The molecular weight excluding hydrogens is 202 g/mol. The van der Waals surface area contributed by atoms with Crippen LogP contribution in [0.15, 0.2) is 0 Å². The molecule has 0 amide bonds. The summed E-state index contributed by atoms with van der Waals surface area (Å²) in [6.45, 7) is 2.05. The third-order valence-corrected chi connectivity index (χ3v) is 1.98. The van der Waals surface area contributed by atoms with E-state index in [1.54, 1.807) is 6.92 Å². The number of rotatable bonds is 3. The molecule has 0 aliphatic rings. The number of hydrogen-bond acceptors (Lipinski definition) is 2. The maximum absolute atomic E-state index is 12.3. The van der Waals surface area contributed by atoms with E-state index in [4.69, 9.17) is 11.6 Å². The lowest BCUT2D eigenvalue weighted by molar-refractivity contribution is 0.110. The zero-order chi connectivity index (χ0) is 10.0. The third-order valence-electron chi connectivity index (χ3n) is 1.58. The molecule has 1 heterocycles.